The second-order valence-electron chi connectivity index (χ2n) is 6.40. The highest BCUT2D eigenvalue weighted by molar-refractivity contribution is 5.95. The molecule has 2 aromatic rings. The highest BCUT2D eigenvalue weighted by Crippen LogP contribution is 2.21. The Morgan fingerprint density at radius 2 is 1.96 bits per heavy atom. The van der Waals surface area contributed by atoms with Gasteiger partial charge in [0.1, 0.15) is 5.82 Å². The summed E-state index contributed by atoms with van der Waals surface area (Å²) in [5.41, 5.74) is 6.44. The number of carbonyl (C=O) groups is 2. The van der Waals surface area contributed by atoms with Crippen molar-refractivity contribution in [1.29, 1.82) is 5.26 Å². The summed E-state index contributed by atoms with van der Waals surface area (Å²) >= 11 is 0. The molecule has 27 heavy (non-hydrogen) atoms. The molecule has 0 aromatic heterocycles. The number of nitrogens with one attached hydrogen (secondary N) is 2. The molecule has 1 aliphatic rings. The zero-order valence-corrected chi connectivity index (χ0v) is 14.6. The van der Waals surface area contributed by atoms with Crippen LogP contribution in [0.4, 0.5) is 9.18 Å². The standard InChI is InChI=1S/C20H19FN4O2/c21-17-4-1-3-15(11-17)12-18-5-2-10-25(18)20(27)24-23-19(26)16-8-6-14(13-22)7-9-16/h1,3-4,6-9,11,18H,2,5,10,12H2,(H,23,26)(H,24,27). The number of likely N-dealkylation sites (tertiary alicyclic amines) is 1. The predicted molar refractivity (Wildman–Crippen MR) is 97.0 cm³/mol. The third-order valence-corrected chi connectivity index (χ3v) is 4.56. The van der Waals surface area contributed by atoms with Crippen LogP contribution in [0.3, 0.4) is 0 Å². The molecule has 1 atom stereocenters. The van der Waals surface area contributed by atoms with Crippen molar-refractivity contribution >= 4 is 11.9 Å². The maximum Gasteiger partial charge on any atom is 0.336 e. The first-order chi connectivity index (χ1) is 13.1. The van der Waals surface area contributed by atoms with Gasteiger partial charge in [0.15, 0.2) is 0 Å². The molecular weight excluding hydrogens is 347 g/mol. The Hall–Kier alpha value is -3.40. The van der Waals surface area contributed by atoms with Gasteiger partial charge in [-0.15, -0.1) is 0 Å². The summed E-state index contributed by atoms with van der Waals surface area (Å²) in [5.74, 6) is -0.759. The maximum absolute atomic E-state index is 13.4. The lowest BCUT2D eigenvalue weighted by Crippen LogP contribution is -2.50. The topological polar surface area (TPSA) is 85.2 Å². The zero-order chi connectivity index (χ0) is 19.2. The molecule has 0 bridgehead atoms. The fourth-order valence-electron chi connectivity index (χ4n) is 3.20. The van der Waals surface area contributed by atoms with Crippen molar-refractivity contribution in [3.8, 4) is 6.07 Å². The molecule has 3 rings (SSSR count). The van der Waals surface area contributed by atoms with E-state index in [9.17, 15) is 14.0 Å². The minimum atomic E-state index is -0.464. The second-order valence-corrected chi connectivity index (χ2v) is 6.40. The van der Waals surface area contributed by atoms with E-state index in [1.54, 1.807) is 11.0 Å². The van der Waals surface area contributed by atoms with Gasteiger partial charge in [0, 0.05) is 18.2 Å². The molecule has 1 heterocycles. The Kier molecular flexibility index (Phi) is 5.67. The van der Waals surface area contributed by atoms with E-state index in [4.69, 9.17) is 5.26 Å². The Bertz CT molecular complexity index is 876. The summed E-state index contributed by atoms with van der Waals surface area (Å²) in [6.07, 6.45) is 2.25. The Labute approximate surface area is 156 Å². The maximum atomic E-state index is 13.4. The van der Waals surface area contributed by atoms with Gasteiger partial charge >= 0.3 is 6.03 Å². The largest absolute Gasteiger partial charge is 0.336 e. The first kappa shape index (κ1) is 18.4. The van der Waals surface area contributed by atoms with E-state index in [1.807, 2.05) is 12.1 Å². The smallest absolute Gasteiger partial charge is 0.320 e. The molecule has 1 unspecified atom stereocenters. The summed E-state index contributed by atoms with van der Waals surface area (Å²) < 4.78 is 13.4. The Morgan fingerprint density at radius 3 is 2.67 bits per heavy atom. The molecule has 0 saturated carbocycles. The SMILES string of the molecule is N#Cc1ccc(C(=O)NNC(=O)N2CCCC2Cc2cccc(F)c2)cc1. The first-order valence-electron chi connectivity index (χ1n) is 8.68. The number of nitrogens with zero attached hydrogens (tertiary/aromatic N) is 2. The van der Waals surface area contributed by atoms with Gasteiger partial charge < -0.3 is 4.90 Å². The summed E-state index contributed by atoms with van der Waals surface area (Å²) in [6.45, 7) is 0.582. The average Bonchev–Trinajstić information content (AvgIpc) is 3.14. The van der Waals surface area contributed by atoms with Crippen LogP contribution in [0.25, 0.3) is 0 Å². The van der Waals surface area contributed by atoms with Crippen molar-refractivity contribution in [2.75, 3.05) is 6.54 Å². The van der Waals surface area contributed by atoms with Gasteiger partial charge in [-0.05, 0) is 61.2 Å². The second kappa shape index (κ2) is 8.32. The van der Waals surface area contributed by atoms with Crippen molar-refractivity contribution in [1.82, 2.24) is 15.8 Å². The van der Waals surface area contributed by atoms with Crippen LogP contribution in [0.5, 0.6) is 0 Å². The lowest BCUT2D eigenvalue weighted by Gasteiger charge is -2.25. The lowest BCUT2D eigenvalue weighted by atomic mass is 10.0. The number of carbonyl (C=O) groups excluding carboxylic acids is 2. The number of hydrazine groups is 1. The number of benzene rings is 2. The summed E-state index contributed by atoms with van der Waals surface area (Å²) in [6, 6.07) is 14.0. The molecule has 1 saturated heterocycles. The van der Waals surface area contributed by atoms with Crippen LogP contribution in [0, 0.1) is 17.1 Å². The normalized spacial score (nSPS) is 15.9. The molecule has 1 aliphatic heterocycles. The van der Waals surface area contributed by atoms with E-state index in [-0.39, 0.29) is 11.9 Å². The van der Waals surface area contributed by atoms with Crippen LogP contribution >= 0.6 is 0 Å². The monoisotopic (exact) mass is 366 g/mol. The number of rotatable bonds is 3. The fraction of sp³-hybridized carbons (Fsp3) is 0.250. The minimum Gasteiger partial charge on any atom is -0.320 e. The lowest BCUT2D eigenvalue weighted by molar-refractivity contribution is 0.0928. The van der Waals surface area contributed by atoms with E-state index < -0.39 is 11.9 Å². The first-order valence-corrected chi connectivity index (χ1v) is 8.68. The van der Waals surface area contributed by atoms with E-state index in [0.29, 0.717) is 24.1 Å². The Morgan fingerprint density at radius 1 is 1.19 bits per heavy atom. The number of halogens is 1. The predicted octanol–water partition coefficient (Wildman–Crippen LogP) is 2.76. The van der Waals surface area contributed by atoms with Gasteiger partial charge in [-0.2, -0.15) is 5.26 Å². The van der Waals surface area contributed by atoms with Crippen molar-refractivity contribution in [3.63, 3.8) is 0 Å². The van der Waals surface area contributed by atoms with Crippen LogP contribution in [-0.2, 0) is 6.42 Å². The molecule has 3 amide bonds. The molecule has 0 spiro atoms. The van der Waals surface area contributed by atoms with E-state index in [1.165, 1.54) is 36.4 Å². The van der Waals surface area contributed by atoms with Gasteiger partial charge in [-0.25, -0.2) is 14.6 Å². The van der Waals surface area contributed by atoms with Crippen LogP contribution in [0.2, 0.25) is 0 Å². The molecule has 138 valence electrons. The molecule has 0 radical (unpaired) electrons. The third-order valence-electron chi connectivity index (χ3n) is 4.56. The van der Waals surface area contributed by atoms with Crippen molar-refractivity contribution in [2.45, 2.75) is 25.3 Å². The highest BCUT2D eigenvalue weighted by atomic mass is 19.1. The zero-order valence-electron chi connectivity index (χ0n) is 14.6. The number of hydrogen-bond acceptors (Lipinski definition) is 3. The number of hydrogen-bond donors (Lipinski definition) is 2. The molecule has 7 heteroatoms. The fourth-order valence-corrected chi connectivity index (χ4v) is 3.20. The molecule has 1 fully saturated rings. The van der Waals surface area contributed by atoms with Crippen molar-refractivity contribution in [3.05, 3.63) is 71.0 Å². The van der Waals surface area contributed by atoms with E-state index in [0.717, 1.165) is 18.4 Å². The molecule has 6 nitrogen and oxygen atoms in total. The summed E-state index contributed by atoms with van der Waals surface area (Å²) in [4.78, 5) is 26.2. The van der Waals surface area contributed by atoms with Crippen LogP contribution in [0.15, 0.2) is 48.5 Å². The third kappa shape index (κ3) is 4.61. The van der Waals surface area contributed by atoms with Gasteiger partial charge in [0.2, 0.25) is 0 Å². The average molecular weight is 366 g/mol. The van der Waals surface area contributed by atoms with Gasteiger partial charge in [0.25, 0.3) is 5.91 Å². The minimum absolute atomic E-state index is 0.0429. The van der Waals surface area contributed by atoms with Gasteiger partial charge in [-0.1, -0.05) is 12.1 Å². The van der Waals surface area contributed by atoms with Crippen molar-refractivity contribution < 1.29 is 14.0 Å². The summed E-state index contributed by atoms with van der Waals surface area (Å²) in [5, 5.41) is 8.78. The number of nitriles is 1. The quantitative estimate of drug-likeness (QED) is 0.819. The van der Waals surface area contributed by atoms with Crippen LogP contribution < -0.4 is 10.9 Å². The van der Waals surface area contributed by atoms with E-state index >= 15 is 0 Å². The van der Waals surface area contributed by atoms with Crippen molar-refractivity contribution in [2.24, 2.45) is 0 Å². The molecular formula is C20H19FN4O2. The molecule has 0 aliphatic carbocycles. The summed E-state index contributed by atoms with van der Waals surface area (Å²) in [7, 11) is 0. The number of amides is 3. The van der Waals surface area contributed by atoms with E-state index in [2.05, 4.69) is 10.9 Å². The van der Waals surface area contributed by atoms with Gasteiger partial charge in [0.05, 0.1) is 11.6 Å². The highest BCUT2D eigenvalue weighted by Gasteiger charge is 2.29. The van der Waals surface area contributed by atoms with Gasteiger partial charge in [-0.3, -0.25) is 10.2 Å². The van der Waals surface area contributed by atoms with Crippen LogP contribution in [0.1, 0.15) is 34.3 Å². The molecule has 2 aromatic carbocycles. The Balaban J connectivity index is 1.56. The number of urea groups is 1. The molecule has 2 N–H and O–H groups in total. The van der Waals surface area contributed by atoms with Crippen LogP contribution in [-0.4, -0.2) is 29.4 Å².